The Hall–Kier alpha value is -1.56. The fraction of sp³-hybridized carbons (Fsp3) is 0.417. The Bertz CT molecular complexity index is 439. The van der Waals surface area contributed by atoms with Crippen molar-refractivity contribution in [3.05, 3.63) is 29.8 Å². The van der Waals surface area contributed by atoms with Gasteiger partial charge in [-0.2, -0.15) is 13.2 Å². The van der Waals surface area contributed by atoms with Crippen molar-refractivity contribution in [3.8, 4) is 0 Å². The zero-order chi connectivity index (χ0) is 13.2. The largest absolute Gasteiger partial charge is 0.416 e. The van der Waals surface area contributed by atoms with Crippen LogP contribution in [0.3, 0.4) is 0 Å². The monoisotopic (exact) mass is 258 g/mol. The van der Waals surface area contributed by atoms with Gasteiger partial charge in [0.1, 0.15) is 0 Å². The Morgan fingerprint density at radius 3 is 2.78 bits per heavy atom. The molecule has 1 fully saturated rings. The van der Waals surface area contributed by atoms with E-state index in [2.05, 4.69) is 10.6 Å². The van der Waals surface area contributed by atoms with Crippen LogP contribution in [0.5, 0.6) is 0 Å². The van der Waals surface area contributed by atoms with Crippen LogP contribution in [0.15, 0.2) is 24.3 Å². The van der Waals surface area contributed by atoms with Gasteiger partial charge in [-0.1, -0.05) is 6.07 Å². The highest BCUT2D eigenvalue weighted by molar-refractivity contribution is 5.95. The molecule has 0 saturated carbocycles. The van der Waals surface area contributed by atoms with E-state index in [1.807, 2.05) is 0 Å². The Morgan fingerprint density at radius 1 is 1.39 bits per heavy atom. The van der Waals surface area contributed by atoms with Crippen molar-refractivity contribution in [2.24, 2.45) is 0 Å². The molecular weight excluding hydrogens is 245 g/mol. The van der Waals surface area contributed by atoms with Crippen LogP contribution in [0, 0.1) is 0 Å². The van der Waals surface area contributed by atoms with Crippen molar-refractivity contribution >= 4 is 11.6 Å². The summed E-state index contributed by atoms with van der Waals surface area (Å²) >= 11 is 0. The molecule has 6 heteroatoms. The highest BCUT2D eigenvalue weighted by Crippen LogP contribution is 2.30. The van der Waals surface area contributed by atoms with Gasteiger partial charge in [0.25, 0.3) is 0 Å². The first kappa shape index (κ1) is 12.9. The summed E-state index contributed by atoms with van der Waals surface area (Å²) in [5, 5.41) is 5.48. The van der Waals surface area contributed by atoms with Gasteiger partial charge in [-0.05, 0) is 37.6 Å². The first-order valence-corrected chi connectivity index (χ1v) is 5.68. The zero-order valence-electron chi connectivity index (χ0n) is 9.55. The highest BCUT2D eigenvalue weighted by atomic mass is 19.4. The van der Waals surface area contributed by atoms with Gasteiger partial charge in [-0.25, -0.2) is 0 Å². The molecule has 1 aromatic rings. The number of anilines is 1. The molecule has 0 aliphatic carbocycles. The van der Waals surface area contributed by atoms with Gasteiger partial charge in [-0.15, -0.1) is 0 Å². The van der Waals surface area contributed by atoms with Crippen LogP contribution < -0.4 is 10.6 Å². The van der Waals surface area contributed by atoms with E-state index >= 15 is 0 Å². The van der Waals surface area contributed by atoms with Gasteiger partial charge in [0, 0.05) is 5.69 Å². The predicted octanol–water partition coefficient (Wildman–Crippen LogP) is 2.40. The average Bonchev–Trinajstić information content (AvgIpc) is 2.81. The van der Waals surface area contributed by atoms with Crippen LogP contribution >= 0.6 is 0 Å². The van der Waals surface area contributed by atoms with E-state index < -0.39 is 11.7 Å². The van der Waals surface area contributed by atoms with Gasteiger partial charge < -0.3 is 10.6 Å². The number of rotatable bonds is 2. The number of carbonyl (C=O) groups excluding carboxylic acids is 1. The molecular formula is C12H13F3N2O. The van der Waals surface area contributed by atoms with Crippen molar-refractivity contribution in [2.75, 3.05) is 11.9 Å². The summed E-state index contributed by atoms with van der Waals surface area (Å²) in [4.78, 5) is 11.7. The van der Waals surface area contributed by atoms with Crippen LogP contribution in [0.1, 0.15) is 18.4 Å². The van der Waals surface area contributed by atoms with E-state index in [-0.39, 0.29) is 17.6 Å². The van der Waals surface area contributed by atoms with E-state index in [4.69, 9.17) is 0 Å². The fourth-order valence-electron chi connectivity index (χ4n) is 1.91. The SMILES string of the molecule is O=C(Nc1cccc(C(F)(F)F)c1)C1CCCN1. The Balaban J connectivity index is 2.07. The van der Waals surface area contributed by atoms with E-state index in [9.17, 15) is 18.0 Å². The number of amides is 1. The second kappa shape index (κ2) is 4.97. The fourth-order valence-corrected chi connectivity index (χ4v) is 1.91. The molecule has 1 aromatic carbocycles. The lowest BCUT2D eigenvalue weighted by atomic mass is 10.1. The summed E-state index contributed by atoms with van der Waals surface area (Å²) in [5.41, 5.74) is -0.594. The lowest BCUT2D eigenvalue weighted by molar-refractivity contribution is -0.137. The quantitative estimate of drug-likeness (QED) is 0.855. The smallest absolute Gasteiger partial charge is 0.325 e. The number of halogens is 3. The van der Waals surface area contributed by atoms with Crippen molar-refractivity contribution in [1.82, 2.24) is 5.32 Å². The molecule has 3 nitrogen and oxygen atoms in total. The summed E-state index contributed by atoms with van der Waals surface area (Å²) in [6.45, 7) is 0.765. The molecule has 1 atom stereocenters. The second-order valence-corrected chi connectivity index (χ2v) is 4.22. The normalized spacial score (nSPS) is 19.8. The molecule has 0 aromatic heterocycles. The van der Waals surface area contributed by atoms with Crippen LogP contribution in [-0.4, -0.2) is 18.5 Å². The summed E-state index contributed by atoms with van der Waals surface area (Å²) in [7, 11) is 0. The lowest BCUT2D eigenvalue weighted by Crippen LogP contribution is -2.35. The van der Waals surface area contributed by atoms with E-state index in [1.54, 1.807) is 0 Å². The molecule has 18 heavy (non-hydrogen) atoms. The molecule has 0 radical (unpaired) electrons. The molecule has 1 aliphatic heterocycles. The van der Waals surface area contributed by atoms with Gasteiger partial charge in [0.15, 0.2) is 0 Å². The van der Waals surface area contributed by atoms with Crippen LogP contribution in [-0.2, 0) is 11.0 Å². The van der Waals surface area contributed by atoms with E-state index in [0.717, 1.165) is 25.1 Å². The molecule has 1 unspecified atom stereocenters. The Labute approximate surface area is 102 Å². The third-order valence-corrected chi connectivity index (χ3v) is 2.83. The van der Waals surface area contributed by atoms with Crippen LogP contribution in [0.2, 0.25) is 0 Å². The first-order valence-electron chi connectivity index (χ1n) is 5.68. The molecule has 0 spiro atoms. The molecule has 1 aliphatic rings. The van der Waals surface area contributed by atoms with Crippen molar-refractivity contribution in [2.45, 2.75) is 25.1 Å². The maximum atomic E-state index is 12.5. The van der Waals surface area contributed by atoms with E-state index in [1.165, 1.54) is 12.1 Å². The number of alkyl halides is 3. The van der Waals surface area contributed by atoms with Gasteiger partial charge in [0.05, 0.1) is 11.6 Å². The third kappa shape index (κ3) is 3.01. The summed E-state index contributed by atoms with van der Waals surface area (Å²) in [6.07, 6.45) is -2.78. The molecule has 1 amide bonds. The molecule has 1 saturated heterocycles. The minimum absolute atomic E-state index is 0.170. The summed E-state index contributed by atoms with van der Waals surface area (Å²) in [6, 6.07) is 4.33. The molecule has 2 N–H and O–H groups in total. The topological polar surface area (TPSA) is 41.1 Å². The summed E-state index contributed by atoms with van der Waals surface area (Å²) < 4.78 is 37.4. The van der Waals surface area contributed by atoms with Crippen LogP contribution in [0.25, 0.3) is 0 Å². The standard InChI is InChI=1S/C12H13F3N2O/c13-12(14,15)8-3-1-4-9(7-8)17-11(18)10-5-2-6-16-10/h1,3-4,7,10,16H,2,5-6H2,(H,17,18). The highest BCUT2D eigenvalue weighted by Gasteiger charge is 2.30. The van der Waals surface area contributed by atoms with Crippen molar-refractivity contribution in [3.63, 3.8) is 0 Å². The number of hydrogen-bond acceptors (Lipinski definition) is 2. The third-order valence-electron chi connectivity index (χ3n) is 2.83. The molecule has 98 valence electrons. The van der Waals surface area contributed by atoms with Gasteiger partial charge in [0.2, 0.25) is 5.91 Å². The maximum absolute atomic E-state index is 12.5. The summed E-state index contributed by atoms with van der Waals surface area (Å²) in [5.74, 6) is -0.285. The molecule has 0 bridgehead atoms. The molecule has 2 rings (SSSR count). The predicted molar refractivity (Wildman–Crippen MR) is 61.1 cm³/mol. The molecule has 1 heterocycles. The van der Waals surface area contributed by atoms with Gasteiger partial charge in [-0.3, -0.25) is 4.79 Å². The number of hydrogen-bond donors (Lipinski definition) is 2. The maximum Gasteiger partial charge on any atom is 0.416 e. The van der Waals surface area contributed by atoms with Crippen LogP contribution in [0.4, 0.5) is 18.9 Å². The lowest BCUT2D eigenvalue weighted by Gasteiger charge is -2.12. The Morgan fingerprint density at radius 2 is 2.17 bits per heavy atom. The average molecular weight is 258 g/mol. The zero-order valence-corrected chi connectivity index (χ0v) is 9.55. The minimum atomic E-state index is -4.40. The van der Waals surface area contributed by atoms with Crippen molar-refractivity contribution < 1.29 is 18.0 Å². The number of carbonyl (C=O) groups is 1. The minimum Gasteiger partial charge on any atom is -0.325 e. The van der Waals surface area contributed by atoms with Crippen molar-refractivity contribution in [1.29, 1.82) is 0 Å². The Kier molecular flexibility index (Phi) is 3.56. The number of benzene rings is 1. The van der Waals surface area contributed by atoms with E-state index in [0.29, 0.717) is 6.42 Å². The first-order chi connectivity index (χ1) is 8.47. The number of nitrogens with one attached hydrogen (secondary N) is 2. The van der Waals surface area contributed by atoms with Gasteiger partial charge >= 0.3 is 6.18 Å². The second-order valence-electron chi connectivity index (χ2n) is 4.22.